The number of anilines is 1. The Labute approximate surface area is 129 Å². The molecule has 4 heteroatoms. The predicted octanol–water partition coefficient (Wildman–Crippen LogP) is 4.32. The molecule has 0 radical (unpaired) electrons. The van der Waals surface area contributed by atoms with Gasteiger partial charge in [0.1, 0.15) is 5.82 Å². The third-order valence-corrected chi connectivity index (χ3v) is 3.62. The molecule has 106 valence electrons. The summed E-state index contributed by atoms with van der Waals surface area (Å²) in [6.07, 6.45) is 3.83. The second-order valence-corrected chi connectivity index (χ2v) is 5.12. The summed E-state index contributed by atoms with van der Waals surface area (Å²) in [5.41, 5.74) is 2.08. The largest absolute Gasteiger partial charge is 0.382 e. The van der Waals surface area contributed by atoms with Crippen LogP contribution in [0.2, 0.25) is 5.02 Å². The molecule has 0 atom stereocenters. The summed E-state index contributed by atoms with van der Waals surface area (Å²) in [6.45, 7) is 1.62. The molecule has 0 unspecified atom stereocenters. The number of hydrogen-bond acceptors (Lipinski definition) is 2. The molecule has 3 nitrogen and oxygen atoms in total. The molecule has 0 aliphatic rings. The van der Waals surface area contributed by atoms with E-state index in [2.05, 4.69) is 27.0 Å². The number of benzene rings is 2. The Hall–Kier alpha value is -2.26. The van der Waals surface area contributed by atoms with Crippen LogP contribution in [0.25, 0.3) is 11.4 Å². The first-order chi connectivity index (χ1) is 10.3. The molecule has 1 N–H and O–H groups in total. The number of halogens is 1. The molecule has 0 spiro atoms. The highest BCUT2D eigenvalue weighted by Gasteiger charge is 2.05. The smallest absolute Gasteiger partial charge is 0.139 e. The lowest BCUT2D eigenvalue weighted by Gasteiger charge is -2.11. The number of para-hydroxylation sites is 1. The average Bonchev–Trinajstić information content (AvgIpc) is 2.99. The van der Waals surface area contributed by atoms with Crippen molar-refractivity contribution in [2.45, 2.75) is 6.54 Å². The van der Waals surface area contributed by atoms with Crippen molar-refractivity contribution in [3.05, 3.63) is 72.0 Å². The van der Waals surface area contributed by atoms with E-state index in [0.29, 0.717) is 0 Å². The maximum atomic E-state index is 6.13. The molecule has 3 rings (SSSR count). The lowest BCUT2D eigenvalue weighted by atomic mass is 10.2. The lowest BCUT2D eigenvalue weighted by molar-refractivity contribution is 0.735. The van der Waals surface area contributed by atoms with Crippen molar-refractivity contribution in [1.29, 1.82) is 0 Å². The van der Waals surface area contributed by atoms with E-state index < -0.39 is 0 Å². The fourth-order valence-corrected chi connectivity index (χ4v) is 2.46. The third-order valence-electron chi connectivity index (χ3n) is 3.29. The molecule has 21 heavy (non-hydrogen) atoms. The molecule has 0 fully saturated rings. The Bertz CT molecular complexity index is 707. The van der Waals surface area contributed by atoms with Gasteiger partial charge in [0, 0.05) is 31.0 Å². The van der Waals surface area contributed by atoms with Crippen molar-refractivity contribution >= 4 is 17.3 Å². The van der Waals surface area contributed by atoms with Crippen LogP contribution in [0.1, 0.15) is 0 Å². The molecule has 3 aromatic rings. The Morgan fingerprint density at radius 1 is 1.00 bits per heavy atom. The Kier molecular flexibility index (Phi) is 4.22. The zero-order valence-electron chi connectivity index (χ0n) is 11.5. The number of rotatable bonds is 5. The van der Waals surface area contributed by atoms with Gasteiger partial charge in [0.25, 0.3) is 0 Å². The van der Waals surface area contributed by atoms with Crippen LogP contribution in [0.3, 0.4) is 0 Å². The fourth-order valence-electron chi connectivity index (χ4n) is 2.25. The second-order valence-electron chi connectivity index (χ2n) is 4.72. The monoisotopic (exact) mass is 297 g/mol. The van der Waals surface area contributed by atoms with Gasteiger partial charge < -0.3 is 9.88 Å². The van der Waals surface area contributed by atoms with Gasteiger partial charge in [-0.1, -0.05) is 54.1 Å². The highest BCUT2D eigenvalue weighted by atomic mass is 35.5. The first kappa shape index (κ1) is 13.7. The van der Waals surface area contributed by atoms with Crippen molar-refractivity contribution in [3.8, 4) is 11.4 Å². The quantitative estimate of drug-likeness (QED) is 0.760. The molecule has 2 aromatic carbocycles. The molecular formula is C17H16ClN3. The van der Waals surface area contributed by atoms with E-state index in [-0.39, 0.29) is 0 Å². The van der Waals surface area contributed by atoms with Crippen molar-refractivity contribution in [1.82, 2.24) is 9.55 Å². The summed E-state index contributed by atoms with van der Waals surface area (Å²) in [7, 11) is 0. The van der Waals surface area contributed by atoms with E-state index in [1.807, 2.05) is 54.9 Å². The maximum Gasteiger partial charge on any atom is 0.139 e. The highest BCUT2D eigenvalue weighted by Crippen LogP contribution is 2.20. The minimum absolute atomic E-state index is 0.742. The van der Waals surface area contributed by atoms with Gasteiger partial charge in [-0.2, -0.15) is 0 Å². The van der Waals surface area contributed by atoms with Gasteiger partial charge in [0.2, 0.25) is 0 Å². The summed E-state index contributed by atoms with van der Waals surface area (Å²) in [5, 5.41) is 4.09. The van der Waals surface area contributed by atoms with Gasteiger partial charge in [-0.3, -0.25) is 0 Å². The fraction of sp³-hybridized carbons (Fsp3) is 0.118. The number of imidazole rings is 1. The van der Waals surface area contributed by atoms with Crippen LogP contribution in [-0.2, 0) is 6.54 Å². The molecular weight excluding hydrogens is 282 g/mol. The van der Waals surface area contributed by atoms with Crippen LogP contribution < -0.4 is 5.32 Å². The van der Waals surface area contributed by atoms with Crippen molar-refractivity contribution in [2.75, 3.05) is 11.9 Å². The van der Waals surface area contributed by atoms with Crippen LogP contribution >= 0.6 is 11.6 Å². The second kappa shape index (κ2) is 6.46. The molecule has 0 amide bonds. The van der Waals surface area contributed by atoms with Gasteiger partial charge in [-0.25, -0.2) is 4.98 Å². The summed E-state index contributed by atoms with van der Waals surface area (Å²) in [5.74, 6) is 0.983. The highest BCUT2D eigenvalue weighted by molar-refractivity contribution is 6.33. The Morgan fingerprint density at radius 3 is 2.57 bits per heavy atom. The van der Waals surface area contributed by atoms with Crippen LogP contribution in [0, 0.1) is 0 Å². The molecule has 1 aromatic heterocycles. The molecule has 0 saturated heterocycles. The molecule has 0 aliphatic carbocycles. The lowest BCUT2D eigenvalue weighted by Crippen LogP contribution is -2.11. The summed E-state index contributed by atoms with van der Waals surface area (Å²) >= 11 is 6.13. The van der Waals surface area contributed by atoms with E-state index in [0.717, 1.165) is 35.2 Å². The zero-order chi connectivity index (χ0) is 14.5. The average molecular weight is 298 g/mol. The SMILES string of the molecule is Clc1ccccc1NCCn1ccnc1-c1ccccc1. The Balaban J connectivity index is 1.67. The minimum atomic E-state index is 0.742. The molecule has 0 aliphatic heterocycles. The summed E-state index contributed by atoms with van der Waals surface area (Å²) in [4.78, 5) is 4.44. The first-order valence-corrected chi connectivity index (χ1v) is 7.27. The summed E-state index contributed by atoms with van der Waals surface area (Å²) in [6, 6.07) is 18.0. The normalized spacial score (nSPS) is 10.5. The van der Waals surface area contributed by atoms with Crippen LogP contribution in [0.5, 0.6) is 0 Å². The van der Waals surface area contributed by atoms with Crippen molar-refractivity contribution in [2.24, 2.45) is 0 Å². The number of aromatic nitrogens is 2. The van der Waals surface area contributed by atoms with E-state index >= 15 is 0 Å². The standard InChI is InChI=1S/C17H16ClN3/c18-15-8-4-5-9-16(15)19-10-12-21-13-11-20-17(21)14-6-2-1-3-7-14/h1-9,11,13,19H,10,12H2. The van der Waals surface area contributed by atoms with E-state index in [9.17, 15) is 0 Å². The van der Waals surface area contributed by atoms with Crippen LogP contribution in [0.15, 0.2) is 67.0 Å². The van der Waals surface area contributed by atoms with E-state index in [1.54, 1.807) is 0 Å². The van der Waals surface area contributed by atoms with Crippen molar-refractivity contribution in [3.63, 3.8) is 0 Å². The number of hydrogen-bond donors (Lipinski definition) is 1. The van der Waals surface area contributed by atoms with Gasteiger partial charge in [-0.15, -0.1) is 0 Å². The minimum Gasteiger partial charge on any atom is -0.382 e. The first-order valence-electron chi connectivity index (χ1n) is 6.89. The van der Waals surface area contributed by atoms with E-state index in [4.69, 9.17) is 11.6 Å². The zero-order valence-corrected chi connectivity index (χ0v) is 12.3. The molecule has 0 bridgehead atoms. The molecule has 1 heterocycles. The van der Waals surface area contributed by atoms with Gasteiger partial charge >= 0.3 is 0 Å². The van der Waals surface area contributed by atoms with Gasteiger partial charge in [0.15, 0.2) is 0 Å². The van der Waals surface area contributed by atoms with Gasteiger partial charge in [0.05, 0.1) is 10.7 Å². The van der Waals surface area contributed by atoms with E-state index in [1.165, 1.54) is 0 Å². The predicted molar refractivity (Wildman–Crippen MR) is 87.6 cm³/mol. The molecule has 0 saturated carbocycles. The maximum absolute atomic E-state index is 6.13. The summed E-state index contributed by atoms with van der Waals surface area (Å²) < 4.78 is 2.14. The van der Waals surface area contributed by atoms with Gasteiger partial charge in [-0.05, 0) is 12.1 Å². The van der Waals surface area contributed by atoms with Crippen LogP contribution in [0.4, 0.5) is 5.69 Å². The number of nitrogens with one attached hydrogen (secondary N) is 1. The van der Waals surface area contributed by atoms with Crippen molar-refractivity contribution < 1.29 is 0 Å². The third kappa shape index (κ3) is 3.26. The topological polar surface area (TPSA) is 29.9 Å². The number of nitrogens with zero attached hydrogens (tertiary/aromatic N) is 2. The Morgan fingerprint density at radius 2 is 1.76 bits per heavy atom. The van der Waals surface area contributed by atoms with Crippen LogP contribution in [-0.4, -0.2) is 16.1 Å².